The number of oxime groups is 1. The number of nitrogens with zero attached hydrogens (tertiary/aromatic N) is 1. The lowest BCUT2D eigenvalue weighted by molar-refractivity contribution is 0.316. The Hall–Kier alpha value is -2.49. The third-order valence-electron chi connectivity index (χ3n) is 3.32. The zero-order chi connectivity index (χ0) is 14.4. The van der Waals surface area contributed by atoms with Gasteiger partial charge in [0, 0.05) is 12.2 Å². The first kappa shape index (κ1) is 13.9. The average molecular weight is 269 g/mol. The summed E-state index contributed by atoms with van der Waals surface area (Å²) in [7, 11) is 0. The van der Waals surface area contributed by atoms with Crippen molar-refractivity contribution in [3.05, 3.63) is 65.7 Å². The van der Waals surface area contributed by atoms with Gasteiger partial charge >= 0.3 is 0 Å². The van der Waals surface area contributed by atoms with Crippen LogP contribution in [-0.2, 0) is 0 Å². The molecule has 2 aromatic carbocycles. The molecule has 2 aromatic rings. The van der Waals surface area contributed by atoms with Crippen LogP contribution >= 0.6 is 0 Å². The van der Waals surface area contributed by atoms with Crippen LogP contribution < -0.4 is 11.1 Å². The standard InChI is InChI=1S/C16H19N3O/c1-12-7-5-6-10-15(12)18-11-14(16(17)19-20)13-8-3-2-4-9-13/h2-10,14,18,20H,11H2,1H3,(H2,17,19). The van der Waals surface area contributed by atoms with E-state index in [0.29, 0.717) is 6.54 Å². The normalized spacial score (nSPS) is 12.9. The summed E-state index contributed by atoms with van der Waals surface area (Å²) in [6, 6.07) is 17.8. The Morgan fingerprint density at radius 1 is 1.15 bits per heavy atom. The predicted molar refractivity (Wildman–Crippen MR) is 82.3 cm³/mol. The molecule has 0 aromatic heterocycles. The Morgan fingerprint density at radius 3 is 2.45 bits per heavy atom. The maximum absolute atomic E-state index is 8.95. The van der Waals surface area contributed by atoms with Gasteiger partial charge in [-0.3, -0.25) is 0 Å². The van der Waals surface area contributed by atoms with Crippen LogP contribution in [0.2, 0.25) is 0 Å². The molecule has 4 nitrogen and oxygen atoms in total. The van der Waals surface area contributed by atoms with Crippen molar-refractivity contribution >= 4 is 11.5 Å². The van der Waals surface area contributed by atoms with Gasteiger partial charge in [-0.25, -0.2) is 0 Å². The summed E-state index contributed by atoms with van der Waals surface area (Å²) >= 11 is 0. The van der Waals surface area contributed by atoms with Crippen molar-refractivity contribution in [3.63, 3.8) is 0 Å². The molecule has 4 N–H and O–H groups in total. The van der Waals surface area contributed by atoms with E-state index < -0.39 is 0 Å². The van der Waals surface area contributed by atoms with Crippen LogP contribution in [0.25, 0.3) is 0 Å². The highest BCUT2D eigenvalue weighted by molar-refractivity contribution is 5.87. The van der Waals surface area contributed by atoms with Crippen molar-refractivity contribution in [2.24, 2.45) is 10.9 Å². The van der Waals surface area contributed by atoms with Crippen molar-refractivity contribution in [2.75, 3.05) is 11.9 Å². The number of aryl methyl sites for hydroxylation is 1. The van der Waals surface area contributed by atoms with Gasteiger partial charge in [0.2, 0.25) is 0 Å². The molecular weight excluding hydrogens is 250 g/mol. The molecule has 1 atom stereocenters. The summed E-state index contributed by atoms with van der Waals surface area (Å²) in [4.78, 5) is 0. The first-order valence-electron chi connectivity index (χ1n) is 6.54. The molecule has 4 heteroatoms. The van der Waals surface area contributed by atoms with Crippen molar-refractivity contribution in [1.29, 1.82) is 0 Å². The molecule has 0 aliphatic rings. The Morgan fingerprint density at radius 2 is 1.80 bits per heavy atom. The molecular formula is C16H19N3O. The van der Waals surface area contributed by atoms with E-state index in [0.717, 1.165) is 11.3 Å². The van der Waals surface area contributed by atoms with Crippen LogP contribution in [0.4, 0.5) is 5.69 Å². The van der Waals surface area contributed by atoms with Gasteiger partial charge in [0.1, 0.15) is 5.84 Å². The van der Waals surface area contributed by atoms with Crippen molar-refractivity contribution in [1.82, 2.24) is 0 Å². The molecule has 0 heterocycles. The molecule has 20 heavy (non-hydrogen) atoms. The third kappa shape index (κ3) is 3.29. The zero-order valence-corrected chi connectivity index (χ0v) is 11.5. The quantitative estimate of drug-likeness (QED) is 0.338. The number of nitrogens with two attached hydrogens (primary N) is 1. The minimum absolute atomic E-state index is 0.166. The van der Waals surface area contributed by atoms with Gasteiger partial charge in [-0.2, -0.15) is 0 Å². The van der Waals surface area contributed by atoms with Crippen molar-refractivity contribution in [3.8, 4) is 0 Å². The van der Waals surface area contributed by atoms with Crippen molar-refractivity contribution in [2.45, 2.75) is 12.8 Å². The highest BCUT2D eigenvalue weighted by Crippen LogP contribution is 2.19. The lowest BCUT2D eigenvalue weighted by Gasteiger charge is -2.18. The fraction of sp³-hybridized carbons (Fsp3) is 0.188. The zero-order valence-electron chi connectivity index (χ0n) is 11.5. The Labute approximate surface area is 118 Å². The Kier molecular flexibility index (Phi) is 4.60. The maximum Gasteiger partial charge on any atom is 0.148 e. The molecule has 0 spiro atoms. The molecule has 0 aliphatic carbocycles. The summed E-state index contributed by atoms with van der Waals surface area (Å²) in [5, 5.41) is 15.5. The maximum atomic E-state index is 8.95. The van der Waals surface area contributed by atoms with Crippen LogP contribution in [-0.4, -0.2) is 17.6 Å². The van der Waals surface area contributed by atoms with E-state index in [1.807, 2.05) is 61.5 Å². The Balaban J connectivity index is 2.16. The van der Waals surface area contributed by atoms with E-state index >= 15 is 0 Å². The SMILES string of the molecule is Cc1ccccc1NCC(C(N)=NO)c1ccccc1. The van der Waals surface area contributed by atoms with E-state index in [1.54, 1.807) is 0 Å². The second kappa shape index (κ2) is 6.61. The number of hydrogen-bond acceptors (Lipinski definition) is 3. The fourth-order valence-electron chi connectivity index (χ4n) is 2.13. The molecule has 0 saturated heterocycles. The molecule has 0 amide bonds. The van der Waals surface area contributed by atoms with E-state index in [4.69, 9.17) is 10.9 Å². The summed E-state index contributed by atoms with van der Waals surface area (Å²) in [5.41, 5.74) is 9.05. The number of nitrogens with one attached hydrogen (secondary N) is 1. The average Bonchev–Trinajstić information content (AvgIpc) is 2.50. The van der Waals surface area contributed by atoms with Crippen molar-refractivity contribution < 1.29 is 5.21 Å². The predicted octanol–water partition coefficient (Wildman–Crippen LogP) is 2.94. The highest BCUT2D eigenvalue weighted by atomic mass is 16.4. The number of anilines is 1. The molecule has 0 radical (unpaired) electrons. The molecule has 0 fully saturated rings. The summed E-state index contributed by atoms with van der Waals surface area (Å²) < 4.78 is 0. The summed E-state index contributed by atoms with van der Waals surface area (Å²) in [5.74, 6) is 0.0399. The Bertz CT molecular complexity index is 581. The monoisotopic (exact) mass is 269 g/mol. The lowest BCUT2D eigenvalue weighted by atomic mass is 9.98. The number of benzene rings is 2. The molecule has 0 aliphatic heterocycles. The second-order valence-corrected chi connectivity index (χ2v) is 4.68. The summed E-state index contributed by atoms with van der Waals surface area (Å²) in [6.45, 7) is 2.62. The highest BCUT2D eigenvalue weighted by Gasteiger charge is 2.16. The third-order valence-corrected chi connectivity index (χ3v) is 3.32. The minimum Gasteiger partial charge on any atom is -0.409 e. The van der Waals surface area contributed by atoms with Gasteiger partial charge in [0.15, 0.2) is 0 Å². The number of para-hydroxylation sites is 1. The van der Waals surface area contributed by atoms with Gasteiger partial charge < -0.3 is 16.3 Å². The van der Waals surface area contributed by atoms with Gasteiger partial charge in [-0.1, -0.05) is 53.7 Å². The van der Waals surface area contributed by atoms with Crippen LogP contribution in [0.15, 0.2) is 59.8 Å². The topological polar surface area (TPSA) is 70.6 Å². The van der Waals surface area contributed by atoms with Crippen LogP contribution in [0, 0.1) is 6.92 Å². The molecule has 0 bridgehead atoms. The van der Waals surface area contributed by atoms with Gasteiger partial charge in [0.25, 0.3) is 0 Å². The van der Waals surface area contributed by atoms with E-state index in [9.17, 15) is 0 Å². The number of amidine groups is 1. The van der Waals surface area contributed by atoms with Gasteiger partial charge in [-0.15, -0.1) is 0 Å². The molecule has 2 rings (SSSR count). The first-order valence-corrected chi connectivity index (χ1v) is 6.54. The summed E-state index contributed by atoms with van der Waals surface area (Å²) in [6.07, 6.45) is 0. The smallest absolute Gasteiger partial charge is 0.148 e. The first-order chi connectivity index (χ1) is 9.72. The van der Waals surface area contributed by atoms with Crippen LogP contribution in [0.5, 0.6) is 0 Å². The van der Waals surface area contributed by atoms with E-state index in [2.05, 4.69) is 10.5 Å². The van der Waals surface area contributed by atoms with Crippen LogP contribution in [0.3, 0.4) is 0 Å². The number of hydrogen-bond donors (Lipinski definition) is 3. The minimum atomic E-state index is -0.166. The van der Waals surface area contributed by atoms with Gasteiger partial charge in [-0.05, 0) is 24.1 Å². The fourth-order valence-corrected chi connectivity index (χ4v) is 2.13. The largest absolute Gasteiger partial charge is 0.409 e. The van der Waals surface area contributed by atoms with E-state index in [-0.39, 0.29) is 11.8 Å². The molecule has 0 saturated carbocycles. The lowest BCUT2D eigenvalue weighted by Crippen LogP contribution is -2.28. The molecule has 1 unspecified atom stereocenters. The van der Waals surface area contributed by atoms with E-state index in [1.165, 1.54) is 5.56 Å². The van der Waals surface area contributed by atoms with Crippen LogP contribution in [0.1, 0.15) is 17.0 Å². The molecule has 104 valence electrons. The van der Waals surface area contributed by atoms with Gasteiger partial charge in [0.05, 0.1) is 5.92 Å². The number of rotatable bonds is 5. The second-order valence-electron chi connectivity index (χ2n) is 4.68.